The topological polar surface area (TPSA) is 88.5 Å². The number of ether oxygens (including phenoxy) is 1. The molecule has 1 fully saturated rings. The van der Waals surface area contributed by atoms with Gasteiger partial charge in [-0.3, -0.25) is 4.79 Å². The molecule has 21 heavy (non-hydrogen) atoms. The maximum absolute atomic E-state index is 12.3. The van der Waals surface area contributed by atoms with Gasteiger partial charge in [0.05, 0.1) is 17.4 Å². The van der Waals surface area contributed by atoms with Crippen LogP contribution in [0.15, 0.2) is 5.38 Å². The number of nitrogens with one attached hydrogen (secondary N) is 1. The van der Waals surface area contributed by atoms with E-state index < -0.39 is 22.8 Å². The van der Waals surface area contributed by atoms with Gasteiger partial charge in [-0.2, -0.15) is 4.37 Å². The summed E-state index contributed by atoms with van der Waals surface area (Å²) in [5, 5.41) is 14.0. The van der Waals surface area contributed by atoms with Gasteiger partial charge in [0.15, 0.2) is 0 Å². The Morgan fingerprint density at radius 1 is 1.57 bits per heavy atom. The highest BCUT2D eigenvalue weighted by Crippen LogP contribution is 2.51. The number of aryl methyl sites for hydroxylation is 1. The maximum Gasteiger partial charge on any atom is 0.330 e. The molecule has 6 nitrogen and oxygen atoms in total. The minimum atomic E-state index is -1.31. The Hall–Kier alpha value is -1.47. The summed E-state index contributed by atoms with van der Waals surface area (Å²) in [7, 11) is 0. The molecule has 0 bridgehead atoms. The molecule has 116 valence electrons. The van der Waals surface area contributed by atoms with Crippen molar-refractivity contribution < 1.29 is 19.4 Å². The predicted octanol–water partition coefficient (Wildman–Crippen LogP) is 1.84. The van der Waals surface area contributed by atoms with Crippen molar-refractivity contribution in [2.75, 3.05) is 6.61 Å². The summed E-state index contributed by atoms with van der Waals surface area (Å²) < 4.78 is 9.62. The van der Waals surface area contributed by atoms with Crippen LogP contribution in [-0.4, -0.2) is 39.6 Å². The van der Waals surface area contributed by atoms with E-state index in [0.717, 1.165) is 0 Å². The predicted molar refractivity (Wildman–Crippen MR) is 78.5 cm³/mol. The SMILES string of the molecule is CCO[C@@H]1C[C@](NC(=O)c2csnc2C)(C(=O)O)C1(C)C. The third kappa shape index (κ3) is 2.34. The first kappa shape index (κ1) is 15.9. The molecule has 1 aliphatic rings. The molecule has 0 aromatic carbocycles. The Kier molecular flexibility index (Phi) is 4.08. The van der Waals surface area contributed by atoms with Crippen LogP contribution < -0.4 is 5.32 Å². The zero-order valence-electron chi connectivity index (χ0n) is 12.6. The number of aromatic nitrogens is 1. The summed E-state index contributed by atoms with van der Waals surface area (Å²) in [4.78, 5) is 24.1. The molecule has 1 aromatic rings. The van der Waals surface area contributed by atoms with Crippen molar-refractivity contribution in [3.63, 3.8) is 0 Å². The average Bonchev–Trinajstić information content (AvgIpc) is 2.83. The van der Waals surface area contributed by atoms with Crippen LogP contribution in [0.2, 0.25) is 0 Å². The molecule has 0 radical (unpaired) electrons. The molecule has 1 aromatic heterocycles. The second-order valence-corrected chi connectivity index (χ2v) is 6.48. The number of carbonyl (C=O) groups excluding carboxylic acids is 1. The van der Waals surface area contributed by atoms with Gasteiger partial charge in [-0.1, -0.05) is 13.8 Å². The van der Waals surface area contributed by atoms with E-state index in [1.807, 2.05) is 20.8 Å². The van der Waals surface area contributed by atoms with Gasteiger partial charge >= 0.3 is 5.97 Å². The Balaban J connectivity index is 2.24. The maximum atomic E-state index is 12.3. The zero-order chi connectivity index (χ0) is 15.8. The number of nitrogens with zero attached hydrogens (tertiary/aromatic N) is 1. The lowest BCUT2D eigenvalue weighted by atomic mass is 9.54. The summed E-state index contributed by atoms with van der Waals surface area (Å²) >= 11 is 1.18. The molecule has 0 spiro atoms. The van der Waals surface area contributed by atoms with E-state index in [0.29, 0.717) is 17.9 Å². The van der Waals surface area contributed by atoms with Crippen molar-refractivity contribution >= 4 is 23.4 Å². The van der Waals surface area contributed by atoms with Gasteiger partial charge < -0.3 is 15.2 Å². The molecule has 1 heterocycles. The summed E-state index contributed by atoms with van der Waals surface area (Å²) in [6.45, 7) is 7.74. The fourth-order valence-electron chi connectivity index (χ4n) is 2.81. The standard InChI is InChI=1S/C14H20N2O4S/c1-5-20-10-6-14(12(18)19,13(10,3)4)15-11(17)9-7-21-16-8(9)2/h7,10H,5-6H2,1-4H3,(H,15,17)(H,18,19)/t10-,14+/m1/s1. The number of rotatable bonds is 5. The van der Waals surface area contributed by atoms with Gasteiger partial charge in [-0.25, -0.2) is 4.79 Å². The smallest absolute Gasteiger partial charge is 0.330 e. The van der Waals surface area contributed by atoms with Crippen LogP contribution >= 0.6 is 11.5 Å². The molecule has 2 rings (SSSR count). The molecule has 2 N–H and O–H groups in total. The van der Waals surface area contributed by atoms with E-state index in [4.69, 9.17) is 4.74 Å². The fraction of sp³-hybridized carbons (Fsp3) is 0.643. The largest absolute Gasteiger partial charge is 0.479 e. The van der Waals surface area contributed by atoms with E-state index in [9.17, 15) is 14.7 Å². The average molecular weight is 312 g/mol. The first-order valence-corrected chi connectivity index (χ1v) is 7.68. The van der Waals surface area contributed by atoms with Crippen LogP contribution in [0.5, 0.6) is 0 Å². The fourth-order valence-corrected chi connectivity index (χ4v) is 3.50. The van der Waals surface area contributed by atoms with Gasteiger partial charge in [0.1, 0.15) is 5.54 Å². The number of aliphatic carboxylic acids is 1. The van der Waals surface area contributed by atoms with Crippen LogP contribution in [0.1, 0.15) is 43.2 Å². The lowest BCUT2D eigenvalue weighted by molar-refractivity contribution is -0.190. The van der Waals surface area contributed by atoms with Crippen LogP contribution in [-0.2, 0) is 9.53 Å². The van der Waals surface area contributed by atoms with Crippen molar-refractivity contribution in [3.05, 3.63) is 16.6 Å². The lowest BCUT2D eigenvalue weighted by Crippen LogP contribution is -2.76. The minimum Gasteiger partial charge on any atom is -0.479 e. The summed E-state index contributed by atoms with van der Waals surface area (Å²) in [6, 6.07) is 0. The molecule has 1 saturated carbocycles. The van der Waals surface area contributed by atoms with Crippen molar-refractivity contribution in [1.29, 1.82) is 0 Å². The van der Waals surface area contributed by atoms with Gasteiger partial charge in [0, 0.05) is 23.8 Å². The second kappa shape index (κ2) is 5.38. The van der Waals surface area contributed by atoms with Gasteiger partial charge in [0.25, 0.3) is 5.91 Å². The Labute approximate surface area is 127 Å². The molecule has 1 aliphatic carbocycles. The minimum absolute atomic E-state index is 0.180. The summed E-state index contributed by atoms with van der Waals surface area (Å²) in [5.74, 6) is -1.43. The number of amides is 1. The van der Waals surface area contributed by atoms with E-state index >= 15 is 0 Å². The first-order valence-electron chi connectivity index (χ1n) is 6.84. The highest BCUT2D eigenvalue weighted by molar-refractivity contribution is 7.03. The van der Waals surface area contributed by atoms with E-state index in [1.54, 1.807) is 12.3 Å². The van der Waals surface area contributed by atoms with Crippen LogP contribution in [0.4, 0.5) is 0 Å². The third-order valence-corrected chi connectivity index (χ3v) is 5.17. The quantitative estimate of drug-likeness (QED) is 0.866. The van der Waals surface area contributed by atoms with Crippen LogP contribution in [0.3, 0.4) is 0 Å². The Bertz CT molecular complexity index is 569. The van der Waals surface area contributed by atoms with Crippen LogP contribution in [0, 0.1) is 12.3 Å². The lowest BCUT2D eigenvalue weighted by Gasteiger charge is -2.58. The van der Waals surface area contributed by atoms with Gasteiger partial charge in [-0.15, -0.1) is 0 Å². The number of hydrogen-bond acceptors (Lipinski definition) is 5. The highest BCUT2D eigenvalue weighted by Gasteiger charge is 2.66. The highest BCUT2D eigenvalue weighted by atomic mass is 32.1. The van der Waals surface area contributed by atoms with E-state index in [1.165, 1.54) is 11.5 Å². The van der Waals surface area contributed by atoms with Crippen LogP contribution in [0.25, 0.3) is 0 Å². The Morgan fingerprint density at radius 2 is 2.24 bits per heavy atom. The molecular weight excluding hydrogens is 292 g/mol. The van der Waals surface area contributed by atoms with E-state index in [2.05, 4.69) is 9.69 Å². The van der Waals surface area contributed by atoms with Crippen molar-refractivity contribution in [2.24, 2.45) is 5.41 Å². The Morgan fingerprint density at radius 3 is 2.67 bits per heavy atom. The second-order valence-electron chi connectivity index (χ2n) is 5.85. The summed E-state index contributed by atoms with van der Waals surface area (Å²) in [6.07, 6.45) is 0.0894. The monoisotopic (exact) mass is 312 g/mol. The third-order valence-electron chi connectivity index (χ3n) is 4.45. The molecule has 7 heteroatoms. The molecule has 2 atom stereocenters. The van der Waals surface area contributed by atoms with Crippen molar-refractivity contribution in [2.45, 2.75) is 45.8 Å². The van der Waals surface area contributed by atoms with E-state index in [-0.39, 0.29) is 12.5 Å². The number of carboxylic acids is 1. The molecule has 0 aliphatic heterocycles. The summed E-state index contributed by atoms with van der Waals surface area (Å²) in [5.41, 5.74) is -0.951. The number of carboxylic acid groups (broad SMARTS) is 1. The molecule has 1 amide bonds. The molecular formula is C14H20N2O4S. The normalized spacial score (nSPS) is 27.0. The van der Waals surface area contributed by atoms with Gasteiger partial charge in [0.2, 0.25) is 0 Å². The first-order chi connectivity index (χ1) is 9.76. The van der Waals surface area contributed by atoms with Gasteiger partial charge in [-0.05, 0) is 25.4 Å². The van der Waals surface area contributed by atoms with Crippen molar-refractivity contribution in [3.8, 4) is 0 Å². The number of carbonyl (C=O) groups is 2. The molecule has 0 unspecified atom stereocenters. The van der Waals surface area contributed by atoms with Crippen molar-refractivity contribution in [1.82, 2.24) is 9.69 Å². The zero-order valence-corrected chi connectivity index (χ0v) is 13.4. The number of hydrogen-bond donors (Lipinski definition) is 2. The molecule has 0 saturated heterocycles.